The van der Waals surface area contributed by atoms with E-state index in [1.165, 1.54) is 6.20 Å². The van der Waals surface area contributed by atoms with Gasteiger partial charge in [-0.1, -0.05) is 13.8 Å². The van der Waals surface area contributed by atoms with Crippen LogP contribution in [0.5, 0.6) is 0 Å². The molecule has 0 aliphatic rings. The van der Waals surface area contributed by atoms with Crippen molar-refractivity contribution in [1.29, 1.82) is 0 Å². The van der Waals surface area contributed by atoms with Gasteiger partial charge in [0.2, 0.25) is 0 Å². The lowest BCUT2D eigenvalue weighted by molar-refractivity contribution is -0.386. The van der Waals surface area contributed by atoms with Crippen molar-refractivity contribution in [2.24, 2.45) is 5.92 Å². The fraction of sp³-hybridized carbons (Fsp3) is 0.615. The number of hydrogen-bond donors (Lipinski definition) is 1. The molecule has 1 aromatic rings. The van der Waals surface area contributed by atoms with Crippen LogP contribution in [-0.4, -0.2) is 21.1 Å². The van der Waals surface area contributed by atoms with Gasteiger partial charge < -0.3 is 5.11 Å². The summed E-state index contributed by atoms with van der Waals surface area (Å²) >= 11 is 0. The van der Waals surface area contributed by atoms with Gasteiger partial charge in [-0.15, -0.1) is 0 Å². The summed E-state index contributed by atoms with van der Waals surface area (Å²) in [6.45, 7) is 7.25. The summed E-state index contributed by atoms with van der Waals surface area (Å²) in [5.74, 6) is 0.0449. The molecule has 0 radical (unpaired) electrons. The number of rotatable bonds is 5. The third-order valence-electron chi connectivity index (χ3n) is 3.35. The highest BCUT2D eigenvalue weighted by Crippen LogP contribution is 2.26. The van der Waals surface area contributed by atoms with Crippen molar-refractivity contribution in [3.63, 3.8) is 0 Å². The Morgan fingerprint density at radius 1 is 1.50 bits per heavy atom. The maximum Gasteiger partial charge on any atom is 0.278 e. The van der Waals surface area contributed by atoms with Gasteiger partial charge >= 0.3 is 0 Å². The first-order chi connectivity index (χ1) is 8.38. The van der Waals surface area contributed by atoms with Crippen molar-refractivity contribution in [3.8, 4) is 0 Å². The predicted molar refractivity (Wildman–Crippen MR) is 69.5 cm³/mol. The molecule has 18 heavy (non-hydrogen) atoms. The quantitative estimate of drug-likeness (QED) is 0.645. The summed E-state index contributed by atoms with van der Waals surface area (Å²) in [6.07, 6.45) is 2.37. The Hall–Kier alpha value is -1.49. The first kappa shape index (κ1) is 14.6. The first-order valence-electron chi connectivity index (χ1n) is 6.16. The number of nitrogens with zero attached hydrogens (tertiary/aromatic N) is 2. The minimum absolute atomic E-state index is 0.0449. The third kappa shape index (κ3) is 3.04. The van der Waals surface area contributed by atoms with Gasteiger partial charge in [0.25, 0.3) is 5.69 Å². The molecule has 0 saturated heterocycles. The van der Waals surface area contributed by atoms with Crippen LogP contribution in [0.4, 0.5) is 5.69 Å². The van der Waals surface area contributed by atoms with Gasteiger partial charge in [0.05, 0.1) is 16.7 Å². The summed E-state index contributed by atoms with van der Waals surface area (Å²) in [4.78, 5) is 14.9. The Bertz CT molecular complexity index is 446. The van der Waals surface area contributed by atoms with Crippen LogP contribution in [0.25, 0.3) is 0 Å². The molecular weight excluding hydrogens is 232 g/mol. The molecule has 0 fully saturated rings. The molecule has 1 rings (SSSR count). The third-order valence-corrected chi connectivity index (χ3v) is 3.35. The highest BCUT2D eigenvalue weighted by atomic mass is 16.6. The molecule has 0 aliphatic carbocycles. The zero-order valence-corrected chi connectivity index (χ0v) is 11.3. The van der Waals surface area contributed by atoms with Crippen molar-refractivity contribution in [2.45, 2.75) is 46.6 Å². The summed E-state index contributed by atoms with van der Waals surface area (Å²) in [7, 11) is 0. The van der Waals surface area contributed by atoms with E-state index >= 15 is 0 Å². The van der Waals surface area contributed by atoms with E-state index in [1.54, 1.807) is 13.8 Å². The zero-order chi connectivity index (χ0) is 13.9. The van der Waals surface area contributed by atoms with E-state index < -0.39 is 6.10 Å². The monoisotopic (exact) mass is 252 g/mol. The fourth-order valence-corrected chi connectivity index (χ4v) is 2.10. The number of aliphatic hydroxyl groups excluding tert-OH is 1. The van der Waals surface area contributed by atoms with Gasteiger partial charge in [0.15, 0.2) is 0 Å². The van der Waals surface area contributed by atoms with Crippen LogP contribution in [-0.2, 0) is 6.42 Å². The van der Waals surface area contributed by atoms with Crippen molar-refractivity contribution >= 4 is 5.69 Å². The zero-order valence-electron chi connectivity index (χ0n) is 11.3. The average molecular weight is 252 g/mol. The summed E-state index contributed by atoms with van der Waals surface area (Å²) in [5, 5.41) is 20.7. The molecule has 1 N–H and O–H groups in total. The van der Waals surface area contributed by atoms with Crippen LogP contribution < -0.4 is 0 Å². The number of aromatic nitrogens is 1. The Balaban J connectivity index is 3.05. The van der Waals surface area contributed by atoms with E-state index in [2.05, 4.69) is 4.98 Å². The summed E-state index contributed by atoms with van der Waals surface area (Å²) in [6, 6.07) is 0. The number of aryl methyl sites for hydroxylation is 1. The predicted octanol–water partition coefficient (Wildman–Crippen LogP) is 2.56. The molecule has 1 heterocycles. The SMILES string of the molecule is CCC(O)C(C)Cc1ncc(C)c([N+](=O)[O-])c1C. The summed E-state index contributed by atoms with van der Waals surface area (Å²) < 4.78 is 0. The van der Waals surface area contributed by atoms with E-state index in [0.717, 1.165) is 0 Å². The van der Waals surface area contributed by atoms with E-state index in [-0.39, 0.29) is 16.5 Å². The van der Waals surface area contributed by atoms with E-state index in [4.69, 9.17) is 0 Å². The second kappa shape index (κ2) is 5.91. The maximum atomic E-state index is 11.0. The molecule has 0 spiro atoms. The van der Waals surface area contributed by atoms with Gasteiger partial charge in [0.1, 0.15) is 0 Å². The second-order valence-corrected chi connectivity index (χ2v) is 4.78. The van der Waals surface area contributed by atoms with Crippen LogP contribution >= 0.6 is 0 Å². The van der Waals surface area contributed by atoms with Gasteiger partial charge in [0, 0.05) is 17.3 Å². The minimum atomic E-state index is -0.397. The van der Waals surface area contributed by atoms with E-state index in [9.17, 15) is 15.2 Å². The smallest absolute Gasteiger partial charge is 0.278 e. The normalized spacial score (nSPS) is 14.3. The molecule has 5 nitrogen and oxygen atoms in total. The fourth-order valence-electron chi connectivity index (χ4n) is 2.10. The second-order valence-electron chi connectivity index (χ2n) is 4.78. The van der Waals surface area contributed by atoms with E-state index in [0.29, 0.717) is 29.7 Å². The summed E-state index contributed by atoms with van der Waals surface area (Å²) in [5.41, 5.74) is 2.02. The topological polar surface area (TPSA) is 76.3 Å². The molecular formula is C13H20N2O3. The molecule has 5 heteroatoms. The van der Waals surface area contributed by atoms with Gasteiger partial charge in [-0.25, -0.2) is 0 Å². The van der Waals surface area contributed by atoms with Crippen molar-refractivity contribution < 1.29 is 10.0 Å². The van der Waals surface area contributed by atoms with Crippen LogP contribution in [0.2, 0.25) is 0 Å². The van der Waals surface area contributed by atoms with Gasteiger partial charge in [-0.3, -0.25) is 15.1 Å². The molecule has 0 bridgehead atoms. The molecule has 100 valence electrons. The Labute approximate surface area is 107 Å². The van der Waals surface area contributed by atoms with E-state index in [1.807, 2.05) is 13.8 Å². The lowest BCUT2D eigenvalue weighted by Gasteiger charge is -2.17. The van der Waals surface area contributed by atoms with Crippen LogP contribution in [0.3, 0.4) is 0 Å². The van der Waals surface area contributed by atoms with Gasteiger partial charge in [-0.05, 0) is 32.6 Å². The molecule has 0 aliphatic heterocycles. The molecule has 0 amide bonds. The number of hydrogen-bond acceptors (Lipinski definition) is 4. The molecule has 0 aromatic carbocycles. The molecule has 1 aromatic heterocycles. The Morgan fingerprint density at radius 2 is 2.11 bits per heavy atom. The lowest BCUT2D eigenvalue weighted by atomic mass is 9.94. The Kier molecular flexibility index (Phi) is 4.78. The Morgan fingerprint density at radius 3 is 2.61 bits per heavy atom. The first-order valence-corrected chi connectivity index (χ1v) is 6.16. The average Bonchev–Trinajstić information content (AvgIpc) is 2.31. The van der Waals surface area contributed by atoms with Gasteiger partial charge in [-0.2, -0.15) is 0 Å². The number of aliphatic hydroxyl groups is 1. The number of nitro groups is 1. The van der Waals surface area contributed by atoms with Crippen LogP contribution in [0, 0.1) is 29.9 Å². The molecule has 0 saturated carbocycles. The molecule has 2 atom stereocenters. The van der Waals surface area contributed by atoms with Crippen molar-refractivity contribution in [3.05, 3.63) is 33.1 Å². The largest absolute Gasteiger partial charge is 0.393 e. The minimum Gasteiger partial charge on any atom is -0.393 e. The lowest BCUT2D eigenvalue weighted by Crippen LogP contribution is -2.19. The highest BCUT2D eigenvalue weighted by Gasteiger charge is 2.21. The molecule has 2 unspecified atom stereocenters. The highest BCUT2D eigenvalue weighted by molar-refractivity contribution is 5.47. The number of pyridine rings is 1. The van der Waals surface area contributed by atoms with Crippen LogP contribution in [0.15, 0.2) is 6.20 Å². The van der Waals surface area contributed by atoms with Crippen molar-refractivity contribution in [1.82, 2.24) is 4.98 Å². The maximum absolute atomic E-state index is 11.0. The van der Waals surface area contributed by atoms with Crippen LogP contribution in [0.1, 0.15) is 37.1 Å². The standard InChI is InChI=1S/C13H20N2O3/c1-5-12(16)8(2)6-11-10(4)13(15(17)18)9(3)7-14-11/h7-8,12,16H,5-6H2,1-4H3. The van der Waals surface area contributed by atoms with Crippen molar-refractivity contribution in [2.75, 3.05) is 0 Å².